The van der Waals surface area contributed by atoms with E-state index in [1.165, 1.54) is 5.56 Å². The summed E-state index contributed by atoms with van der Waals surface area (Å²) in [6.07, 6.45) is -2.71. The Morgan fingerprint density at radius 2 is 1.46 bits per heavy atom. The average molecular weight is 358 g/mol. The van der Waals surface area contributed by atoms with Crippen LogP contribution in [0.5, 0.6) is 0 Å². The predicted octanol–water partition coefficient (Wildman–Crippen LogP) is 1.38. The van der Waals surface area contributed by atoms with E-state index in [-0.39, 0.29) is 0 Å². The first-order valence-electron chi connectivity index (χ1n) is 9.03. The highest BCUT2D eigenvalue weighted by molar-refractivity contribution is 5.27. The van der Waals surface area contributed by atoms with E-state index in [2.05, 4.69) is 12.1 Å². The van der Waals surface area contributed by atoms with Gasteiger partial charge in [0.05, 0.1) is 6.61 Å². The summed E-state index contributed by atoms with van der Waals surface area (Å²) in [4.78, 5) is 0. The summed E-state index contributed by atoms with van der Waals surface area (Å²) >= 11 is 0. The molecule has 0 saturated carbocycles. The van der Waals surface area contributed by atoms with E-state index >= 15 is 0 Å². The van der Waals surface area contributed by atoms with Crippen molar-refractivity contribution >= 4 is 0 Å². The Balaban J connectivity index is 1.66. The molecule has 3 rings (SSSR count). The molecule has 2 aromatic rings. The van der Waals surface area contributed by atoms with Crippen molar-refractivity contribution in [3.8, 4) is 0 Å². The van der Waals surface area contributed by atoms with Crippen LogP contribution in [0.2, 0.25) is 0 Å². The van der Waals surface area contributed by atoms with Gasteiger partial charge in [0.2, 0.25) is 0 Å². The molecule has 5 atom stereocenters. The number of benzene rings is 2. The molecular weight excluding hydrogens is 332 g/mol. The number of aliphatic hydroxyl groups is 4. The molecule has 0 amide bonds. The minimum atomic E-state index is -1.35. The van der Waals surface area contributed by atoms with Crippen LogP contribution in [-0.2, 0) is 17.6 Å². The van der Waals surface area contributed by atoms with Gasteiger partial charge in [0.1, 0.15) is 30.5 Å². The van der Waals surface area contributed by atoms with Crippen LogP contribution in [0.15, 0.2) is 54.6 Å². The average Bonchev–Trinajstić information content (AvgIpc) is 2.67. The lowest BCUT2D eigenvalue weighted by molar-refractivity contribution is -0.231. The van der Waals surface area contributed by atoms with Gasteiger partial charge >= 0.3 is 0 Å². The Hall–Kier alpha value is -1.76. The molecule has 1 heterocycles. The molecule has 1 saturated heterocycles. The van der Waals surface area contributed by atoms with E-state index in [9.17, 15) is 20.4 Å². The second kappa shape index (κ2) is 8.75. The topological polar surface area (TPSA) is 90.2 Å². The van der Waals surface area contributed by atoms with Crippen molar-refractivity contribution < 1.29 is 25.2 Å². The van der Waals surface area contributed by atoms with E-state index in [1.807, 2.05) is 42.5 Å². The maximum atomic E-state index is 10.3. The maximum Gasteiger partial charge on any atom is 0.113 e. The maximum absolute atomic E-state index is 10.3. The van der Waals surface area contributed by atoms with Crippen molar-refractivity contribution in [2.24, 2.45) is 0 Å². The van der Waals surface area contributed by atoms with E-state index in [1.54, 1.807) is 0 Å². The van der Waals surface area contributed by atoms with Gasteiger partial charge in [0.25, 0.3) is 0 Å². The van der Waals surface area contributed by atoms with Crippen LogP contribution >= 0.6 is 0 Å². The molecule has 1 fully saturated rings. The number of rotatable bonds is 6. The molecule has 5 nitrogen and oxygen atoms in total. The fourth-order valence-corrected chi connectivity index (χ4v) is 3.44. The number of aliphatic hydroxyl groups excluding tert-OH is 4. The monoisotopic (exact) mass is 358 g/mol. The zero-order valence-electron chi connectivity index (χ0n) is 14.6. The highest BCUT2D eigenvalue weighted by Gasteiger charge is 2.43. The molecule has 2 aromatic carbocycles. The lowest BCUT2D eigenvalue weighted by atomic mass is 9.90. The van der Waals surface area contributed by atoms with E-state index in [0.717, 1.165) is 30.4 Å². The molecule has 140 valence electrons. The summed E-state index contributed by atoms with van der Waals surface area (Å²) in [6, 6.07) is 18.0. The van der Waals surface area contributed by atoms with Crippen molar-refractivity contribution in [3.63, 3.8) is 0 Å². The highest BCUT2D eigenvalue weighted by Crippen LogP contribution is 2.32. The number of ether oxygens (including phenoxy) is 1. The predicted molar refractivity (Wildman–Crippen MR) is 97.6 cm³/mol. The molecule has 26 heavy (non-hydrogen) atoms. The Bertz CT molecular complexity index is 688. The lowest BCUT2D eigenvalue weighted by Gasteiger charge is -2.40. The van der Waals surface area contributed by atoms with Gasteiger partial charge in [-0.2, -0.15) is 0 Å². The van der Waals surface area contributed by atoms with Crippen molar-refractivity contribution in [1.82, 2.24) is 0 Å². The summed E-state index contributed by atoms with van der Waals surface area (Å²) in [5.41, 5.74) is 3.16. The number of hydrogen-bond acceptors (Lipinski definition) is 5. The minimum Gasteiger partial charge on any atom is -0.394 e. The summed E-state index contributed by atoms with van der Waals surface area (Å²) in [5, 5.41) is 39.5. The first-order valence-corrected chi connectivity index (χ1v) is 9.03. The van der Waals surface area contributed by atoms with Crippen molar-refractivity contribution in [2.45, 2.75) is 49.8 Å². The van der Waals surface area contributed by atoms with Crippen LogP contribution in [0, 0.1) is 0 Å². The van der Waals surface area contributed by atoms with E-state index < -0.39 is 37.1 Å². The molecular formula is C21H26O5. The fraction of sp³-hybridized carbons (Fsp3) is 0.429. The van der Waals surface area contributed by atoms with Crippen LogP contribution in [0.4, 0.5) is 0 Å². The first kappa shape index (κ1) is 19.0. The first-order chi connectivity index (χ1) is 12.6. The van der Waals surface area contributed by atoms with Gasteiger partial charge in [-0.15, -0.1) is 0 Å². The van der Waals surface area contributed by atoms with Gasteiger partial charge in [-0.05, 0) is 36.0 Å². The van der Waals surface area contributed by atoms with Crippen LogP contribution in [0.25, 0.3) is 0 Å². The molecule has 1 aliphatic heterocycles. The van der Waals surface area contributed by atoms with Gasteiger partial charge in [0, 0.05) is 0 Å². The van der Waals surface area contributed by atoms with Crippen molar-refractivity contribution in [1.29, 1.82) is 0 Å². The van der Waals surface area contributed by atoms with Crippen LogP contribution in [0.3, 0.4) is 0 Å². The summed E-state index contributed by atoms with van der Waals surface area (Å²) in [6.45, 7) is -0.418. The van der Waals surface area contributed by atoms with Gasteiger partial charge < -0.3 is 25.2 Å². The molecule has 5 heteroatoms. The van der Waals surface area contributed by atoms with Gasteiger partial charge in [-0.3, -0.25) is 0 Å². The summed E-state index contributed by atoms with van der Waals surface area (Å²) < 4.78 is 5.64. The third-order valence-electron chi connectivity index (χ3n) is 4.95. The van der Waals surface area contributed by atoms with Gasteiger partial charge in [-0.1, -0.05) is 54.6 Å². The summed E-state index contributed by atoms with van der Waals surface area (Å²) in [7, 11) is 0. The Labute approximate surface area is 153 Å². The molecule has 1 aliphatic rings. The Kier molecular flexibility index (Phi) is 6.40. The molecule has 0 aromatic heterocycles. The quantitative estimate of drug-likeness (QED) is 0.626. The Morgan fingerprint density at radius 1 is 0.769 bits per heavy atom. The number of hydrogen-bond donors (Lipinski definition) is 4. The molecule has 0 bridgehead atoms. The third-order valence-corrected chi connectivity index (χ3v) is 4.95. The SMILES string of the molecule is OCC1OC(c2cccc(CCCc3ccccc3)c2)C(O)C(O)C1O. The van der Waals surface area contributed by atoms with Crippen molar-refractivity contribution in [3.05, 3.63) is 71.3 Å². The molecule has 5 unspecified atom stereocenters. The van der Waals surface area contributed by atoms with Crippen LogP contribution < -0.4 is 0 Å². The largest absolute Gasteiger partial charge is 0.394 e. The fourth-order valence-electron chi connectivity index (χ4n) is 3.44. The van der Waals surface area contributed by atoms with Crippen LogP contribution in [0.1, 0.15) is 29.2 Å². The molecule has 0 spiro atoms. The Morgan fingerprint density at radius 3 is 2.19 bits per heavy atom. The molecule has 0 aliphatic carbocycles. The highest BCUT2D eigenvalue weighted by atomic mass is 16.5. The van der Waals surface area contributed by atoms with E-state index in [4.69, 9.17) is 4.74 Å². The second-order valence-electron chi connectivity index (χ2n) is 6.83. The molecule has 4 N–H and O–H groups in total. The van der Waals surface area contributed by atoms with Crippen LogP contribution in [-0.4, -0.2) is 51.4 Å². The zero-order valence-corrected chi connectivity index (χ0v) is 14.6. The van der Waals surface area contributed by atoms with Gasteiger partial charge in [0.15, 0.2) is 0 Å². The van der Waals surface area contributed by atoms with Crippen molar-refractivity contribution in [2.75, 3.05) is 6.61 Å². The van der Waals surface area contributed by atoms with E-state index in [0.29, 0.717) is 0 Å². The third kappa shape index (κ3) is 4.31. The standard InChI is InChI=1S/C21H26O5/c22-13-17-18(23)19(24)20(25)21(26-17)16-11-5-10-15(12-16)9-4-8-14-6-2-1-3-7-14/h1-3,5-7,10-12,17-25H,4,8-9,13H2. The second-order valence-corrected chi connectivity index (χ2v) is 6.83. The normalized spacial score (nSPS) is 28.8. The lowest BCUT2D eigenvalue weighted by Crippen LogP contribution is -2.55. The number of aryl methyl sites for hydroxylation is 2. The molecule has 0 radical (unpaired) electrons. The van der Waals surface area contributed by atoms with Gasteiger partial charge in [-0.25, -0.2) is 0 Å². The smallest absolute Gasteiger partial charge is 0.113 e. The summed E-state index contributed by atoms with van der Waals surface area (Å²) in [5.74, 6) is 0. The minimum absolute atomic E-state index is 0.418. The zero-order chi connectivity index (χ0) is 18.5.